The minimum atomic E-state index is -0.924. The minimum absolute atomic E-state index is 0.203. The van der Waals surface area contributed by atoms with E-state index < -0.39 is 5.97 Å². The van der Waals surface area contributed by atoms with Gasteiger partial charge in [-0.05, 0) is 66.1 Å². The predicted octanol–water partition coefficient (Wildman–Crippen LogP) is 6.55. The molecule has 1 aliphatic heterocycles. The van der Waals surface area contributed by atoms with Crippen molar-refractivity contribution in [2.45, 2.75) is 70.3 Å². The number of carbonyl (C=O) groups is 2. The van der Waals surface area contributed by atoms with Gasteiger partial charge < -0.3 is 14.6 Å². The summed E-state index contributed by atoms with van der Waals surface area (Å²) < 4.78 is 2.30. The minimum Gasteiger partial charge on any atom is -0.478 e. The molecule has 1 aromatic heterocycles. The van der Waals surface area contributed by atoms with Crippen LogP contribution in [0.15, 0.2) is 79.0 Å². The molecule has 6 nitrogen and oxygen atoms in total. The first-order chi connectivity index (χ1) is 20.0. The topological polar surface area (TPSA) is 75.4 Å². The van der Waals surface area contributed by atoms with Crippen LogP contribution in [0.1, 0.15) is 83.2 Å². The van der Waals surface area contributed by atoms with Gasteiger partial charge >= 0.3 is 5.97 Å². The highest BCUT2D eigenvalue weighted by molar-refractivity contribution is 6.06. The second-order valence-electron chi connectivity index (χ2n) is 11.5. The molecule has 3 aromatic carbocycles. The number of carboxylic acid groups (broad SMARTS) is 1. The first-order valence-electron chi connectivity index (χ1n) is 14.8. The zero-order valence-electron chi connectivity index (χ0n) is 23.8. The average Bonchev–Trinajstić information content (AvgIpc) is 3.62. The normalized spacial score (nSPS) is 19.4. The summed E-state index contributed by atoms with van der Waals surface area (Å²) in [6, 6.07) is 24.1. The van der Waals surface area contributed by atoms with Gasteiger partial charge in [0.05, 0.1) is 11.5 Å². The molecule has 1 aliphatic carbocycles. The SMILES string of the molecule is CCCc1ncc(CC2(C3C(=O)N(CCC)c4ccccc43)CCc3ccccc32)n1Cc1ccc(C(=O)O)cc1. The van der Waals surface area contributed by atoms with Crippen molar-refractivity contribution in [1.82, 2.24) is 9.55 Å². The Morgan fingerprint density at radius 2 is 1.76 bits per heavy atom. The van der Waals surface area contributed by atoms with Gasteiger partial charge in [-0.15, -0.1) is 0 Å². The number of imidazole rings is 1. The summed E-state index contributed by atoms with van der Waals surface area (Å²) in [7, 11) is 0. The number of hydrogen-bond donors (Lipinski definition) is 1. The van der Waals surface area contributed by atoms with E-state index in [-0.39, 0.29) is 22.8 Å². The van der Waals surface area contributed by atoms with Crippen molar-refractivity contribution < 1.29 is 14.7 Å². The lowest BCUT2D eigenvalue weighted by atomic mass is 9.66. The van der Waals surface area contributed by atoms with Gasteiger partial charge in [0.15, 0.2) is 0 Å². The number of hydrogen-bond acceptors (Lipinski definition) is 3. The van der Waals surface area contributed by atoms with Gasteiger partial charge in [-0.25, -0.2) is 9.78 Å². The summed E-state index contributed by atoms with van der Waals surface area (Å²) in [6.07, 6.45) is 7.30. The van der Waals surface area contributed by atoms with Crippen LogP contribution < -0.4 is 4.90 Å². The Morgan fingerprint density at radius 1 is 1.00 bits per heavy atom. The Hall–Kier alpha value is -4.19. The second-order valence-corrected chi connectivity index (χ2v) is 11.5. The third-order valence-corrected chi connectivity index (χ3v) is 8.98. The van der Waals surface area contributed by atoms with Crippen molar-refractivity contribution in [3.05, 3.63) is 118 Å². The molecule has 6 heteroatoms. The Labute approximate surface area is 241 Å². The van der Waals surface area contributed by atoms with Gasteiger partial charge in [0.25, 0.3) is 0 Å². The molecule has 1 amide bonds. The smallest absolute Gasteiger partial charge is 0.335 e. The van der Waals surface area contributed by atoms with Crippen LogP contribution in [0.4, 0.5) is 5.69 Å². The number of nitrogens with zero attached hydrogens (tertiary/aromatic N) is 3. The number of carboxylic acids is 1. The van der Waals surface area contributed by atoms with Crippen molar-refractivity contribution >= 4 is 17.6 Å². The maximum Gasteiger partial charge on any atom is 0.335 e. The van der Waals surface area contributed by atoms with Gasteiger partial charge in [-0.1, -0.05) is 68.4 Å². The lowest BCUT2D eigenvalue weighted by Crippen LogP contribution is -2.41. The number of aromatic carboxylic acids is 1. The lowest BCUT2D eigenvalue weighted by Gasteiger charge is -2.36. The van der Waals surface area contributed by atoms with E-state index in [1.54, 1.807) is 12.1 Å². The van der Waals surface area contributed by atoms with Crippen LogP contribution in [0.3, 0.4) is 0 Å². The van der Waals surface area contributed by atoms with Gasteiger partial charge in [0, 0.05) is 48.9 Å². The Balaban J connectivity index is 1.46. The molecule has 2 atom stereocenters. The molecular formula is C35H37N3O3. The summed E-state index contributed by atoms with van der Waals surface area (Å²) in [5.41, 5.74) is 6.83. The monoisotopic (exact) mass is 547 g/mol. The van der Waals surface area contributed by atoms with Crippen molar-refractivity contribution in [2.75, 3.05) is 11.4 Å². The predicted molar refractivity (Wildman–Crippen MR) is 161 cm³/mol. The zero-order valence-corrected chi connectivity index (χ0v) is 23.8. The molecule has 210 valence electrons. The Bertz CT molecular complexity index is 1590. The quantitative estimate of drug-likeness (QED) is 0.244. The average molecular weight is 548 g/mol. The number of para-hydroxylation sites is 1. The van der Waals surface area contributed by atoms with Gasteiger partial charge in [-0.3, -0.25) is 4.79 Å². The first kappa shape index (κ1) is 27.0. The number of amides is 1. The first-order valence-corrected chi connectivity index (χ1v) is 14.8. The largest absolute Gasteiger partial charge is 0.478 e. The van der Waals surface area contributed by atoms with E-state index in [0.717, 1.165) is 67.0 Å². The molecule has 2 unspecified atom stereocenters. The van der Waals surface area contributed by atoms with E-state index in [4.69, 9.17) is 4.98 Å². The fourth-order valence-electron chi connectivity index (χ4n) is 7.14. The van der Waals surface area contributed by atoms with Gasteiger partial charge in [-0.2, -0.15) is 0 Å². The van der Waals surface area contributed by atoms with E-state index in [0.29, 0.717) is 13.0 Å². The highest BCUT2D eigenvalue weighted by Gasteiger charge is 2.54. The maximum absolute atomic E-state index is 14.4. The molecule has 6 rings (SSSR count). The van der Waals surface area contributed by atoms with E-state index in [2.05, 4.69) is 60.9 Å². The molecule has 2 heterocycles. The summed E-state index contributed by atoms with van der Waals surface area (Å²) in [4.78, 5) is 32.7. The van der Waals surface area contributed by atoms with E-state index in [1.807, 2.05) is 29.3 Å². The molecule has 0 saturated heterocycles. The number of carbonyl (C=O) groups excluding carboxylic acids is 1. The molecule has 2 aliphatic rings. The molecule has 4 aromatic rings. The van der Waals surface area contributed by atoms with E-state index >= 15 is 0 Å². The van der Waals surface area contributed by atoms with Crippen LogP contribution in [0.25, 0.3) is 0 Å². The third-order valence-electron chi connectivity index (χ3n) is 8.98. The number of benzene rings is 3. The molecule has 0 saturated carbocycles. The van der Waals surface area contributed by atoms with Crippen LogP contribution in [-0.2, 0) is 36.0 Å². The van der Waals surface area contributed by atoms with Crippen molar-refractivity contribution in [3.63, 3.8) is 0 Å². The Morgan fingerprint density at radius 3 is 2.51 bits per heavy atom. The lowest BCUT2D eigenvalue weighted by molar-refractivity contribution is -0.120. The maximum atomic E-state index is 14.4. The highest BCUT2D eigenvalue weighted by atomic mass is 16.4. The number of aryl methyl sites for hydroxylation is 2. The van der Waals surface area contributed by atoms with Gasteiger partial charge in [0.1, 0.15) is 5.82 Å². The van der Waals surface area contributed by atoms with Crippen molar-refractivity contribution in [2.24, 2.45) is 0 Å². The summed E-state index contributed by atoms with van der Waals surface area (Å²) in [6.45, 7) is 5.61. The fraction of sp³-hybridized carbons (Fsp3) is 0.343. The zero-order chi connectivity index (χ0) is 28.6. The molecular weight excluding hydrogens is 510 g/mol. The molecule has 0 bridgehead atoms. The summed E-state index contributed by atoms with van der Waals surface area (Å²) >= 11 is 0. The van der Waals surface area contributed by atoms with Crippen LogP contribution in [0, 0.1) is 0 Å². The molecule has 41 heavy (non-hydrogen) atoms. The van der Waals surface area contributed by atoms with Crippen LogP contribution in [0.5, 0.6) is 0 Å². The molecule has 1 N–H and O–H groups in total. The molecule has 0 fully saturated rings. The van der Waals surface area contributed by atoms with Crippen molar-refractivity contribution in [1.29, 1.82) is 0 Å². The third kappa shape index (κ3) is 4.65. The number of rotatable bonds is 10. The Kier molecular flexibility index (Phi) is 7.24. The van der Waals surface area contributed by atoms with Crippen LogP contribution >= 0.6 is 0 Å². The number of aromatic nitrogens is 2. The van der Waals surface area contributed by atoms with Crippen molar-refractivity contribution in [3.8, 4) is 0 Å². The summed E-state index contributed by atoms with van der Waals surface area (Å²) in [5.74, 6) is 0.0413. The number of anilines is 1. The van der Waals surface area contributed by atoms with E-state index in [1.165, 1.54) is 11.1 Å². The highest BCUT2D eigenvalue weighted by Crippen LogP contribution is 2.55. The van der Waals surface area contributed by atoms with Crippen LogP contribution in [0.2, 0.25) is 0 Å². The van der Waals surface area contributed by atoms with Crippen LogP contribution in [-0.4, -0.2) is 33.1 Å². The standard InChI is InChI=1S/C35H37N3O3/c1-3-9-31-36-22-27(38(31)23-24-14-16-26(17-15-24)34(40)41)21-35(19-18-25-10-5-7-12-29(25)35)32-28-11-6-8-13-30(28)37(20-4-2)33(32)39/h5-8,10-17,22,32H,3-4,9,18-21,23H2,1-2H3,(H,40,41). The summed E-state index contributed by atoms with van der Waals surface area (Å²) in [5, 5.41) is 9.36. The van der Waals surface area contributed by atoms with E-state index in [9.17, 15) is 14.7 Å². The molecule has 0 spiro atoms. The van der Waals surface area contributed by atoms with Gasteiger partial charge in [0.2, 0.25) is 5.91 Å². The fourth-order valence-corrected chi connectivity index (χ4v) is 7.14. The number of fused-ring (bicyclic) bond motifs is 2. The molecule has 0 radical (unpaired) electrons. The second kappa shape index (κ2) is 11.0.